The van der Waals surface area contributed by atoms with Crippen LogP contribution >= 0.6 is 0 Å². The quantitative estimate of drug-likeness (QED) is 0.745. The lowest BCUT2D eigenvalue weighted by atomic mass is 10.0. The maximum Gasteiger partial charge on any atom is 0.119 e. The van der Waals surface area contributed by atoms with Gasteiger partial charge in [0, 0.05) is 0 Å². The Morgan fingerprint density at radius 1 is 0.947 bits per heavy atom. The van der Waals surface area contributed by atoms with Gasteiger partial charge >= 0.3 is 0 Å². The summed E-state index contributed by atoms with van der Waals surface area (Å²) in [6, 6.07) is 14.9. The lowest BCUT2D eigenvalue weighted by Gasteiger charge is -2.11. The van der Waals surface area contributed by atoms with Crippen LogP contribution in [-0.4, -0.2) is 0 Å². The highest BCUT2D eigenvalue weighted by molar-refractivity contribution is 5.32. The molecule has 2 aromatic carbocycles. The molecule has 0 aliphatic heterocycles. The summed E-state index contributed by atoms with van der Waals surface area (Å²) in [5.74, 6) is 1.50. The van der Waals surface area contributed by atoms with Crippen molar-refractivity contribution in [3.05, 3.63) is 64.7 Å². The second kappa shape index (κ2) is 5.92. The molecule has 100 valence electrons. The van der Waals surface area contributed by atoms with Crippen LogP contribution < -0.4 is 4.74 Å². The first-order valence-corrected chi connectivity index (χ1v) is 6.85. The van der Waals surface area contributed by atoms with Gasteiger partial charge in [0.1, 0.15) is 12.4 Å². The van der Waals surface area contributed by atoms with E-state index in [9.17, 15) is 0 Å². The number of benzene rings is 2. The molecular formula is C18H22O. The highest BCUT2D eigenvalue weighted by atomic mass is 16.5. The number of rotatable bonds is 4. The Balaban J connectivity index is 2.04. The standard InChI is InChI=1S/C18H22O/c1-13(2)16-7-9-18(10-8-16)19-12-17-11-14(3)5-6-15(17)4/h5-11,13H,12H2,1-4H3. The summed E-state index contributed by atoms with van der Waals surface area (Å²) >= 11 is 0. The maximum absolute atomic E-state index is 5.86. The van der Waals surface area contributed by atoms with Gasteiger partial charge in [-0.1, -0.05) is 49.7 Å². The van der Waals surface area contributed by atoms with Gasteiger partial charge in [-0.2, -0.15) is 0 Å². The van der Waals surface area contributed by atoms with Gasteiger partial charge in [-0.15, -0.1) is 0 Å². The van der Waals surface area contributed by atoms with E-state index < -0.39 is 0 Å². The summed E-state index contributed by atoms with van der Waals surface area (Å²) in [5, 5.41) is 0. The monoisotopic (exact) mass is 254 g/mol. The van der Waals surface area contributed by atoms with E-state index in [2.05, 4.69) is 70.2 Å². The van der Waals surface area contributed by atoms with Gasteiger partial charge in [0.15, 0.2) is 0 Å². The third-order valence-electron chi connectivity index (χ3n) is 3.45. The Bertz CT molecular complexity index is 538. The fourth-order valence-electron chi connectivity index (χ4n) is 2.07. The molecule has 0 spiro atoms. The van der Waals surface area contributed by atoms with Crippen molar-refractivity contribution in [1.29, 1.82) is 0 Å². The molecule has 0 aliphatic carbocycles. The molecule has 19 heavy (non-hydrogen) atoms. The number of hydrogen-bond donors (Lipinski definition) is 0. The third-order valence-corrected chi connectivity index (χ3v) is 3.45. The number of aryl methyl sites for hydroxylation is 2. The summed E-state index contributed by atoms with van der Waals surface area (Å²) in [7, 11) is 0. The second-order valence-corrected chi connectivity index (χ2v) is 5.44. The van der Waals surface area contributed by atoms with Gasteiger partial charge in [0.25, 0.3) is 0 Å². The first-order valence-electron chi connectivity index (χ1n) is 6.85. The van der Waals surface area contributed by atoms with Crippen LogP contribution in [0.15, 0.2) is 42.5 Å². The highest BCUT2D eigenvalue weighted by Crippen LogP contribution is 2.20. The van der Waals surface area contributed by atoms with Gasteiger partial charge in [-0.25, -0.2) is 0 Å². The van der Waals surface area contributed by atoms with Crippen LogP contribution in [0.2, 0.25) is 0 Å². The van der Waals surface area contributed by atoms with Crippen LogP contribution in [0, 0.1) is 13.8 Å². The molecular weight excluding hydrogens is 232 g/mol. The van der Waals surface area contributed by atoms with Gasteiger partial charge in [-0.05, 0) is 48.6 Å². The van der Waals surface area contributed by atoms with Gasteiger partial charge < -0.3 is 4.74 Å². The Hall–Kier alpha value is -1.76. The van der Waals surface area contributed by atoms with Crippen molar-refractivity contribution in [2.75, 3.05) is 0 Å². The molecule has 0 bridgehead atoms. The van der Waals surface area contributed by atoms with E-state index in [1.54, 1.807) is 0 Å². The fraction of sp³-hybridized carbons (Fsp3) is 0.333. The molecule has 0 amide bonds. The molecule has 0 N–H and O–H groups in total. The van der Waals surface area contributed by atoms with Gasteiger partial charge in [0.2, 0.25) is 0 Å². The number of hydrogen-bond acceptors (Lipinski definition) is 1. The van der Waals surface area contributed by atoms with Crippen molar-refractivity contribution in [3.8, 4) is 5.75 Å². The lowest BCUT2D eigenvalue weighted by molar-refractivity contribution is 0.305. The van der Waals surface area contributed by atoms with Crippen LogP contribution in [0.3, 0.4) is 0 Å². The third kappa shape index (κ3) is 3.60. The smallest absolute Gasteiger partial charge is 0.119 e. The molecule has 2 rings (SSSR count). The molecule has 0 fully saturated rings. The molecule has 2 aromatic rings. The Kier molecular flexibility index (Phi) is 4.26. The van der Waals surface area contributed by atoms with E-state index in [0.29, 0.717) is 12.5 Å². The normalized spacial score (nSPS) is 10.8. The molecule has 1 heteroatoms. The average Bonchev–Trinajstić information content (AvgIpc) is 2.40. The minimum atomic E-state index is 0.563. The zero-order chi connectivity index (χ0) is 13.8. The first-order chi connectivity index (χ1) is 9.06. The van der Waals surface area contributed by atoms with Crippen molar-refractivity contribution < 1.29 is 4.74 Å². The summed E-state index contributed by atoms with van der Waals surface area (Å²) in [6.07, 6.45) is 0. The van der Waals surface area contributed by atoms with E-state index in [1.165, 1.54) is 22.3 Å². The minimum Gasteiger partial charge on any atom is -0.489 e. The molecule has 0 atom stereocenters. The van der Waals surface area contributed by atoms with Crippen LogP contribution in [0.4, 0.5) is 0 Å². The van der Waals surface area contributed by atoms with Gasteiger partial charge in [-0.3, -0.25) is 0 Å². The van der Waals surface area contributed by atoms with E-state index in [-0.39, 0.29) is 0 Å². The van der Waals surface area contributed by atoms with E-state index in [1.807, 2.05) is 0 Å². The second-order valence-electron chi connectivity index (χ2n) is 5.44. The highest BCUT2D eigenvalue weighted by Gasteiger charge is 2.02. The molecule has 0 heterocycles. The van der Waals surface area contributed by atoms with Crippen LogP contribution in [-0.2, 0) is 6.61 Å². The minimum absolute atomic E-state index is 0.563. The summed E-state index contributed by atoms with van der Waals surface area (Å²) in [4.78, 5) is 0. The summed E-state index contributed by atoms with van der Waals surface area (Å²) < 4.78 is 5.86. The Labute approximate surface area is 116 Å². The molecule has 1 nitrogen and oxygen atoms in total. The van der Waals surface area contributed by atoms with Crippen molar-refractivity contribution >= 4 is 0 Å². The van der Waals surface area contributed by atoms with Crippen molar-refractivity contribution in [2.24, 2.45) is 0 Å². The zero-order valence-electron chi connectivity index (χ0n) is 12.2. The average molecular weight is 254 g/mol. The molecule has 0 saturated heterocycles. The molecule has 0 aromatic heterocycles. The maximum atomic E-state index is 5.86. The molecule has 0 unspecified atom stereocenters. The van der Waals surface area contributed by atoms with Crippen LogP contribution in [0.1, 0.15) is 42.0 Å². The van der Waals surface area contributed by atoms with Crippen molar-refractivity contribution in [1.82, 2.24) is 0 Å². The summed E-state index contributed by atoms with van der Waals surface area (Å²) in [5.41, 5.74) is 5.16. The van der Waals surface area contributed by atoms with E-state index in [4.69, 9.17) is 4.74 Å². The molecule has 0 radical (unpaired) electrons. The predicted molar refractivity (Wildman–Crippen MR) is 80.8 cm³/mol. The molecule has 0 saturated carbocycles. The largest absolute Gasteiger partial charge is 0.489 e. The summed E-state index contributed by atoms with van der Waals surface area (Å²) in [6.45, 7) is 9.27. The molecule has 0 aliphatic rings. The van der Waals surface area contributed by atoms with Crippen molar-refractivity contribution in [2.45, 2.75) is 40.2 Å². The Morgan fingerprint density at radius 3 is 2.26 bits per heavy atom. The van der Waals surface area contributed by atoms with Crippen LogP contribution in [0.25, 0.3) is 0 Å². The first kappa shape index (κ1) is 13.7. The Morgan fingerprint density at radius 2 is 1.63 bits per heavy atom. The predicted octanol–water partition coefficient (Wildman–Crippen LogP) is 5.01. The topological polar surface area (TPSA) is 9.23 Å². The SMILES string of the molecule is Cc1ccc(C)c(COc2ccc(C(C)C)cc2)c1. The number of ether oxygens (including phenoxy) is 1. The van der Waals surface area contributed by atoms with Gasteiger partial charge in [0.05, 0.1) is 0 Å². The van der Waals surface area contributed by atoms with E-state index >= 15 is 0 Å². The lowest BCUT2D eigenvalue weighted by Crippen LogP contribution is -1.98. The van der Waals surface area contributed by atoms with E-state index in [0.717, 1.165) is 5.75 Å². The fourth-order valence-corrected chi connectivity index (χ4v) is 2.07. The van der Waals surface area contributed by atoms with Crippen molar-refractivity contribution in [3.63, 3.8) is 0 Å². The van der Waals surface area contributed by atoms with Crippen LogP contribution in [0.5, 0.6) is 5.75 Å². The zero-order valence-corrected chi connectivity index (χ0v) is 12.2.